The highest BCUT2D eigenvalue weighted by atomic mass is 35.5. The molecule has 0 spiro atoms. The van der Waals surface area contributed by atoms with Gasteiger partial charge in [-0.2, -0.15) is 0 Å². The Morgan fingerprint density at radius 3 is 2.56 bits per heavy atom. The molecule has 0 aliphatic carbocycles. The summed E-state index contributed by atoms with van der Waals surface area (Å²) in [5.41, 5.74) is 2.05. The lowest BCUT2D eigenvalue weighted by molar-refractivity contribution is 0.282. The molecule has 0 saturated carbocycles. The third kappa shape index (κ3) is 2.21. The molecule has 0 bridgehead atoms. The van der Waals surface area contributed by atoms with Crippen molar-refractivity contribution < 1.29 is 9.50 Å². The van der Waals surface area contributed by atoms with Gasteiger partial charge in [0.05, 0.1) is 17.3 Å². The Hall–Kier alpha value is -1.45. The quantitative estimate of drug-likeness (QED) is 0.871. The van der Waals surface area contributed by atoms with Crippen LogP contribution in [-0.4, -0.2) is 10.1 Å². The van der Waals surface area contributed by atoms with Crippen LogP contribution in [0.4, 0.5) is 4.39 Å². The van der Waals surface area contributed by atoms with Gasteiger partial charge in [-0.3, -0.25) is 4.98 Å². The zero-order chi connectivity index (χ0) is 11.5. The van der Waals surface area contributed by atoms with Gasteiger partial charge in [0.1, 0.15) is 5.82 Å². The molecule has 1 aromatic heterocycles. The normalized spacial score (nSPS) is 10.4. The number of nitrogens with zero attached hydrogens (tertiary/aromatic N) is 1. The van der Waals surface area contributed by atoms with Gasteiger partial charge in [-0.05, 0) is 35.9 Å². The average Bonchev–Trinajstić information content (AvgIpc) is 2.31. The van der Waals surface area contributed by atoms with E-state index in [1.54, 1.807) is 18.2 Å². The average molecular weight is 238 g/mol. The van der Waals surface area contributed by atoms with Crippen LogP contribution in [0.2, 0.25) is 5.02 Å². The van der Waals surface area contributed by atoms with Crippen molar-refractivity contribution in [3.8, 4) is 11.3 Å². The molecule has 0 fully saturated rings. The number of pyridine rings is 1. The lowest BCUT2D eigenvalue weighted by Gasteiger charge is -2.04. The Morgan fingerprint density at radius 2 is 1.94 bits per heavy atom. The van der Waals surface area contributed by atoms with Crippen molar-refractivity contribution in [1.29, 1.82) is 0 Å². The molecule has 0 unspecified atom stereocenters. The minimum absolute atomic E-state index is 0.143. The summed E-state index contributed by atoms with van der Waals surface area (Å²) in [5.74, 6) is -0.292. The molecule has 0 amide bonds. The van der Waals surface area contributed by atoms with Crippen molar-refractivity contribution in [2.75, 3.05) is 0 Å². The molecular weight excluding hydrogens is 229 g/mol. The van der Waals surface area contributed by atoms with Gasteiger partial charge < -0.3 is 5.11 Å². The topological polar surface area (TPSA) is 33.1 Å². The number of rotatable bonds is 2. The van der Waals surface area contributed by atoms with E-state index in [0.29, 0.717) is 16.3 Å². The molecule has 2 aromatic rings. The van der Waals surface area contributed by atoms with Gasteiger partial charge in [0.2, 0.25) is 0 Å². The van der Waals surface area contributed by atoms with Crippen LogP contribution in [0.25, 0.3) is 11.3 Å². The van der Waals surface area contributed by atoms with Gasteiger partial charge in [0.25, 0.3) is 0 Å². The predicted molar refractivity (Wildman–Crippen MR) is 60.6 cm³/mol. The smallest absolute Gasteiger partial charge is 0.123 e. The monoisotopic (exact) mass is 237 g/mol. The molecule has 0 aliphatic heterocycles. The number of aromatic nitrogens is 1. The standard InChI is InChI=1S/C12H9ClFNO/c13-11-6-15-12(5-9(11)7-16)8-1-3-10(14)4-2-8/h1-6,16H,7H2. The summed E-state index contributed by atoms with van der Waals surface area (Å²) in [5, 5.41) is 9.49. The van der Waals surface area contributed by atoms with Gasteiger partial charge in [0, 0.05) is 11.8 Å². The Balaban J connectivity index is 2.44. The van der Waals surface area contributed by atoms with Crippen LogP contribution >= 0.6 is 11.6 Å². The number of benzene rings is 1. The fourth-order valence-electron chi connectivity index (χ4n) is 1.38. The molecule has 2 rings (SSSR count). The molecule has 1 heterocycles. The maximum absolute atomic E-state index is 12.7. The molecule has 2 nitrogen and oxygen atoms in total. The Morgan fingerprint density at radius 1 is 1.25 bits per heavy atom. The second-order valence-corrected chi connectivity index (χ2v) is 3.73. The first-order valence-electron chi connectivity index (χ1n) is 4.72. The molecule has 82 valence electrons. The van der Waals surface area contributed by atoms with Crippen molar-refractivity contribution in [2.24, 2.45) is 0 Å². The van der Waals surface area contributed by atoms with E-state index in [1.165, 1.54) is 18.3 Å². The largest absolute Gasteiger partial charge is 0.392 e. The summed E-state index contributed by atoms with van der Waals surface area (Å²) in [6.45, 7) is -0.143. The first kappa shape index (κ1) is 11.0. The first-order chi connectivity index (χ1) is 7.70. The van der Waals surface area contributed by atoms with E-state index in [1.807, 2.05) is 0 Å². The van der Waals surface area contributed by atoms with Gasteiger partial charge in [-0.25, -0.2) is 4.39 Å². The van der Waals surface area contributed by atoms with E-state index in [4.69, 9.17) is 16.7 Å². The van der Waals surface area contributed by atoms with Crippen molar-refractivity contribution in [3.05, 3.63) is 52.9 Å². The van der Waals surface area contributed by atoms with Crippen LogP contribution in [0.5, 0.6) is 0 Å². The summed E-state index contributed by atoms with van der Waals surface area (Å²) in [6, 6.07) is 7.68. The molecular formula is C12H9ClFNO. The first-order valence-corrected chi connectivity index (χ1v) is 5.09. The summed E-state index contributed by atoms with van der Waals surface area (Å²) in [6.07, 6.45) is 1.48. The van der Waals surface area contributed by atoms with Crippen LogP contribution in [-0.2, 0) is 6.61 Å². The zero-order valence-electron chi connectivity index (χ0n) is 8.32. The van der Waals surface area contributed by atoms with Crippen LogP contribution in [0.3, 0.4) is 0 Å². The van der Waals surface area contributed by atoms with Crippen LogP contribution in [0.1, 0.15) is 5.56 Å². The number of hydrogen-bond donors (Lipinski definition) is 1. The molecule has 16 heavy (non-hydrogen) atoms. The van der Waals surface area contributed by atoms with Crippen molar-refractivity contribution in [2.45, 2.75) is 6.61 Å². The van der Waals surface area contributed by atoms with E-state index < -0.39 is 0 Å². The van der Waals surface area contributed by atoms with Gasteiger partial charge in [-0.15, -0.1) is 0 Å². The minimum atomic E-state index is -0.292. The molecule has 0 saturated heterocycles. The van der Waals surface area contributed by atoms with E-state index in [-0.39, 0.29) is 12.4 Å². The molecule has 1 N–H and O–H groups in total. The maximum Gasteiger partial charge on any atom is 0.123 e. The molecule has 4 heteroatoms. The Labute approximate surface area is 97.3 Å². The molecule has 0 radical (unpaired) electrons. The number of halogens is 2. The SMILES string of the molecule is OCc1cc(-c2ccc(F)cc2)ncc1Cl. The summed E-state index contributed by atoms with van der Waals surface area (Å²) >= 11 is 5.83. The maximum atomic E-state index is 12.7. The summed E-state index contributed by atoms with van der Waals surface area (Å²) < 4.78 is 12.7. The Bertz CT molecular complexity index is 499. The van der Waals surface area contributed by atoms with Gasteiger partial charge in [0.15, 0.2) is 0 Å². The lowest BCUT2D eigenvalue weighted by Crippen LogP contribution is -1.90. The third-order valence-corrected chi connectivity index (χ3v) is 2.59. The summed E-state index contributed by atoms with van der Waals surface area (Å²) in [4.78, 5) is 4.12. The van der Waals surface area contributed by atoms with E-state index in [2.05, 4.69) is 4.98 Å². The summed E-state index contributed by atoms with van der Waals surface area (Å²) in [7, 11) is 0. The van der Waals surface area contributed by atoms with Gasteiger partial charge in [-0.1, -0.05) is 11.6 Å². The predicted octanol–water partition coefficient (Wildman–Crippen LogP) is 3.03. The molecule has 0 atom stereocenters. The zero-order valence-corrected chi connectivity index (χ0v) is 9.08. The van der Waals surface area contributed by atoms with Crippen LogP contribution in [0, 0.1) is 5.82 Å². The lowest BCUT2D eigenvalue weighted by atomic mass is 10.1. The Kier molecular flexibility index (Phi) is 3.17. The van der Waals surface area contributed by atoms with Crippen molar-refractivity contribution in [1.82, 2.24) is 4.98 Å². The minimum Gasteiger partial charge on any atom is -0.392 e. The number of aliphatic hydroxyl groups is 1. The molecule has 1 aromatic carbocycles. The highest BCUT2D eigenvalue weighted by molar-refractivity contribution is 6.31. The van der Waals surface area contributed by atoms with Crippen LogP contribution in [0.15, 0.2) is 36.5 Å². The fourth-order valence-corrected chi connectivity index (χ4v) is 1.54. The number of hydrogen-bond acceptors (Lipinski definition) is 2. The van der Waals surface area contributed by atoms with Gasteiger partial charge >= 0.3 is 0 Å². The second kappa shape index (κ2) is 4.60. The second-order valence-electron chi connectivity index (χ2n) is 3.33. The highest BCUT2D eigenvalue weighted by Gasteiger charge is 2.04. The van der Waals surface area contributed by atoms with Crippen LogP contribution < -0.4 is 0 Å². The van der Waals surface area contributed by atoms with Crippen molar-refractivity contribution in [3.63, 3.8) is 0 Å². The van der Waals surface area contributed by atoms with E-state index in [0.717, 1.165) is 5.56 Å². The van der Waals surface area contributed by atoms with Crippen molar-refractivity contribution >= 4 is 11.6 Å². The van der Waals surface area contributed by atoms with E-state index >= 15 is 0 Å². The highest BCUT2D eigenvalue weighted by Crippen LogP contribution is 2.22. The third-order valence-electron chi connectivity index (χ3n) is 2.25. The number of aliphatic hydroxyl groups excluding tert-OH is 1. The fraction of sp³-hybridized carbons (Fsp3) is 0.0833. The molecule has 0 aliphatic rings. The van der Waals surface area contributed by atoms with E-state index in [9.17, 15) is 4.39 Å².